The van der Waals surface area contributed by atoms with Crippen molar-refractivity contribution in [1.82, 2.24) is 15.2 Å². The van der Waals surface area contributed by atoms with E-state index in [2.05, 4.69) is 40.4 Å². The first-order chi connectivity index (χ1) is 9.15. The first kappa shape index (κ1) is 12.2. The van der Waals surface area contributed by atoms with Crippen LogP contribution in [-0.4, -0.2) is 15.2 Å². The molecule has 0 radical (unpaired) electrons. The number of H-pyrrole nitrogens is 1. The van der Waals surface area contributed by atoms with Crippen LogP contribution in [0.5, 0.6) is 0 Å². The molecule has 0 saturated heterocycles. The van der Waals surface area contributed by atoms with E-state index in [1.807, 2.05) is 25.3 Å². The number of thiazole rings is 1. The molecule has 0 fully saturated rings. The van der Waals surface area contributed by atoms with Crippen LogP contribution in [0.3, 0.4) is 0 Å². The molecule has 0 saturated carbocycles. The molecule has 98 valence electrons. The lowest BCUT2D eigenvalue weighted by Gasteiger charge is -2.15. The molecule has 2 N–H and O–H groups in total. The van der Waals surface area contributed by atoms with Crippen molar-refractivity contribution >= 4 is 27.9 Å². The Balaban J connectivity index is 1.92. The molecule has 1 aromatic carbocycles. The number of benzene rings is 1. The number of fused-ring (bicyclic) bond motifs is 1. The topological polar surface area (TPSA) is 53.6 Å². The summed E-state index contributed by atoms with van der Waals surface area (Å²) < 4.78 is 0. The van der Waals surface area contributed by atoms with Crippen molar-refractivity contribution in [2.75, 3.05) is 5.32 Å². The molecule has 4 nitrogen and oxygen atoms in total. The summed E-state index contributed by atoms with van der Waals surface area (Å²) in [6.07, 6.45) is 1.86. The number of hydrogen-bond acceptors (Lipinski definition) is 4. The second-order valence-corrected chi connectivity index (χ2v) is 5.92. The van der Waals surface area contributed by atoms with E-state index < -0.39 is 0 Å². The molecule has 3 aromatic rings. The Kier molecular flexibility index (Phi) is 2.98. The standard InChI is InChI=1S/C14H16N4S/c1-8-14(19-10(3)16-8)9(2)17-12-5-4-6-13-11(12)7-15-18-13/h4-7,9,17H,1-3H3,(H,15,18). The fourth-order valence-electron chi connectivity index (χ4n) is 2.34. The van der Waals surface area contributed by atoms with Gasteiger partial charge in [0.2, 0.25) is 0 Å². The zero-order valence-electron chi connectivity index (χ0n) is 11.2. The van der Waals surface area contributed by atoms with Gasteiger partial charge in [0, 0.05) is 16.0 Å². The van der Waals surface area contributed by atoms with Gasteiger partial charge in [-0.2, -0.15) is 5.10 Å². The third-order valence-electron chi connectivity index (χ3n) is 3.19. The smallest absolute Gasteiger partial charge is 0.0900 e. The van der Waals surface area contributed by atoms with E-state index in [0.717, 1.165) is 27.3 Å². The van der Waals surface area contributed by atoms with Gasteiger partial charge < -0.3 is 5.32 Å². The van der Waals surface area contributed by atoms with Gasteiger partial charge >= 0.3 is 0 Å². The van der Waals surface area contributed by atoms with E-state index in [4.69, 9.17) is 0 Å². The fraction of sp³-hybridized carbons (Fsp3) is 0.286. The molecule has 3 rings (SSSR count). The van der Waals surface area contributed by atoms with Crippen molar-refractivity contribution in [3.63, 3.8) is 0 Å². The van der Waals surface area contributed by atoms with Gasteiger partial charge in [-0.05, 0) is 32.9 Å². The molecule has 0 aliphatic rings. The number of nitrogens with zero attached hydrogens (tertiary/aromatic N) is 2. The van der Waals surface area contributed by atoms with Crippen molar-refractivity contribution < 1.29 is 0 Å². The van der Waals surface area contributed by atoms with Gasteiger partial charge in [0.1, 0.15) is 0 Å². The van der Waals surface area contributed by atoms with Crippen LogP contribution in [0.2, 0.25) is 0 Å². The van der Waals surface area contributed by atoms with Crippen LogP contribution in [0.15, 0.2) is 24.4 Å². The Hall–Kier alpha value is -1.88. The summed E-state index contributed by atoms with van der Waals surface area (Å²) in [7, 11) is 0. The Morgan fingerprint density at radius 2 is 2.16 bits per heavy atom. The molecule has 2 heterocycles. The molecule has 1 unspecified atom stereocenters. The van der Waals surface area contributed by atoms with Crippen LogP contribution in [0.1, 0.15) is 28.5 Å². The maximum atomic E-state index is 4.49. The first-order valence-corrected chi connectivity index (χ1v) is 7.09. The van der Waals surface area contributed by atoms with Crippen LogP contribution >= 0.6 is 11.3 Å². The lowest BCUT2D eigenvalue weighted by Crippen LogP contribution is -2.06. The summed E-state index contributed by atoms with van der Waals surface area (Å²) in [5, 5.41) is 12.9. The number of hydrogen-bond donors (Lipinski definition) is 2. The van der Waals surface area contributed by atoms with Crippen molar-refractivity contribution in [3.05, 3.63) is 40.0 Å². The summed E-state index contributed by atoms with van der Waals surface area (Å²) in [5.41, 5.74) is 3.26. The predicted molar refractivity (Wildman–Crippen MR) is 79.7 cm³/mol. The Morgan fingerprint density at radius 1 is 1.32 bits per heavy atom. The normalized spacial score (nSPS) is 12.8. The summed E-state index contributed by atoms with van der Waals surface area (Å²) in [6.45, 7) is 6.28. The van der Waals surface area contributed by atoms with Crippen LogP contribution in [0.4, 0.5) is 5.69 Å². The molecule has 0 spiro atoms. The summed E-state index contributed by atoms with van der Waals surface area (Å²) in [5.74, 6) is 0. The molecule has 0 amide bonds. The second kappa shape index (κ2) is 4.66. The maximum Gasteiger partial charge on any atom is 0.0900 e. The highest BCUT2D eigenvalue weighted by Gasteiger charge is 2.14. The van der Waals surface area contributed by atoms with E-state index >= 15 is 0 Å². The van der Waals surface area contributed by atoms with Gasteiger partial charge in [0.05, 0.1) is 28.5 Å². The average Bonchev–Trinajstić information content (AvgIpc) is 2.96. The zero-order valence-corrected chi connectivity index (χ0v) is 12.0. The van der Waals surface area contributed by atoms with Gasteiger partial charge in [0.15, 0.2) is 0 Å². The molecule has 0 aliphatic heterocycles. The first-order valence-electron chi connectivity index (χ1n) is 6.27. The van der Waals surface area contributed by atoms with Gasteiger partial charge in [-0.25, -0.2) is 4.98 Å². The lowest BCUT2D eigenvalue weighted by atomic mass is 10.2. The van der Waals surface area contributed by atoms with Crippen molar-refractivity contribution in [1.29, 1.82) is 0 Å². The van der Waals surface area contributed by atoms with Gasteiger partial charge in [0.25, 0.3) is 0 Å². The lowest BCUT2D eigenvalue weighted by molar-refractivity contribution is 0.892. The highest BCUT2D eigenvalue weighted by Crippen LogP contribution is 2.30. The van der Waals surface area contributed by atoms with Crippen LogP contribution < -0.4 is 5.32 Å². The van der Waals surface area contributed by atoms with Crippen molar-refractivity contribution in [2.45, 2.75) is 26.8 Å². The molecule has 0 bridgehead atoms. The third kappa shape index (κ3) is 2.21. The van der Waals surface area contributed by atoms with Gasteiger partial charge in [-0.1, -0.05) is 6.07 Å². The van der Waals surface area contributed by atoms with Crippen molar-refractivity contribution in [3.8, 4) is 0 Å². The van der Waals surface area contributed by atoms with E-state index in [9.17, 15) is 0 Å². The fourth-order valence-corrected chi connectivity index (χ4v) is 3.27. The van der Waals surface area contributed by atoms with Crippen LogP contribution in [0, 0.1) is 13.8 Å². The SMILES string of the molecule is Cc1nc(C)c(C(C)Nc2cccc3[nH]ncc23)s1. The number of aromatic amines is 1. The molecule has 0 aliphatic carbocycles. The molecular weight excluding hydrogens is 256 g/mol. The maximum absolute atomic E-state index is 4.49. The summed E-state index contributed by atoms with van der Waals surface area (Å²) in [6, 6.07) is 6.38. The number of aromatic nitrogens is 3. The Bertz CT molecular complexity index is 713. The minimum atomic E-state index is 0.242. The molecule has 1 atom stereocenters. The zero-order chi connectivity index (χ0) is 13.4. The Labute approximate surface area is 115 Å². The monoisotopic (exact) mass is 272 g/mol. The number of aryl methyl sites for hydroxylation is 2. The molecule has 5 heteroatoms. The Morgan fingerprint density at radius 3 is 2.89 bits per heavy atom. The molecule has 19 heavy (non-hydrogen) atoms. The largest absolute Gasteiger partial charge is 0.377 e. The summed E-state index contributed by atoms with van der Waals surface area (Å²) >= 11 is 1.75. The minimum Gasteiger partial charge on any atom is -0.377 e. The van der Waals surface area contributed by atoms with E-state index in [1.54, 1.807) is 11.3 Å². The predicted octanol–water partition coefficient (Wildman–Crippen LogP) is 3.81. The number of rotatable bonds is 3. The quantitative estimate of drug-likeness (QED) is 0.762. The highest BCUT2D eigenvalue weighted by molar-refractivity contribution is 7.11. The molecule has 2 aromatic heterocycles. The highest BCUT2D eigenvalue weighted by atomic mass is 32.1. The third-order valence-corrected chi connectivity index (χ3v) is 4.45. The van der Waals surface area contributed by atoms with Gasteiger partial charge in [-0.15, -0.1) is 11.3 Å². The van der Waals surface area contributed by atoms with E-state index in [0.29, 0.717) is 0 Å². The molecular formula is C14H16N4S. The van der Waals surface area contributed by atoms with E-state index in [-0.39, 0.29) is 6.04 Å². The number of nitrogens with one attached hydrogen (secondary N) is 2. The minimum absolute atomic E-state index is 0.242. The van der Waals surface area contributed by atoms with Gasteiger partial charge in [-0.3, -0.25) is 5.10 Å². The summed E-state index contributed by atoms with van der Waals surface area (Å²) in [4.78, 5) is 5.78. The van der Waals surface area contributed by atoms with E-state index in [1.165, 1.54) is 4.88 Å². The second-order valence-electron chi connectivity index (χ2n) is 4.69. The van der Waals surface area contributed by atoms with Crippen LogP contribution in [-0.2, 0) is 0 Å². The van der Waals surface area contributed by atoms with Crippen LogP contribution in [0.25, 0.3) is 10.9 Å². The average molecular weight is 272 g/mol. The van der Waals surface area contributed by atoms with Crippen molar-refractivity contribution in [2.24, 2.45) is 0 Å². The number of anilines is 1.